The molecule has 0 bridgehead atoms. The molecule has 0 heterocycles. The summed E-state index contributed by atoms with van der Waals surface area (Å²) in [6.45, 7) is 7.50. The summed E-state index contributed by atoms with van der Waals surface area (Å²) in [5.41, 5.74) is 0.636. The second kappa shape index (κ2) is 3.22. The third-order valence-electron chi connectivity index (χ3n) is 1.94. The molecule has 0 N–H and O–H groups in total. The van der Waals surface area contributed by atoms with Crippen LogP contribution in [0.3, 0.4) is 0 Å². The summed E-state index contributed by atoms with van der Waals surface area (Å²) in [5, 5.41) is 0.304. The summed E-state index contributed by atoms with van der Waals surface area (Å²) in [6.07, 6.45) is 0. The van der Waals surface area contributed by atoms with Crippen LogP contribution in [0.2, 0.25) is 19.6 Å². The third kappa shape index (κ3) is 2.15. The van der Waals surface area contributed by atoms with Gasteiger partial charge >= 0.3 is 0 Å². The van der Waals surface area contributed by atoms with Gasteiger partial charge in [0.05, 0.1) is 8.07 Å². The van der Waals surface area contributed by atoms with E-state index in [2.05, 4.69) is 0 Å². The molecule has 1 rings (SSSR count). The van der Waals surface area contributed by atoms with Gasteiger partial charge in [0.2, 0.25) is 0 Å². The predicted molar refractivity (Wildman–Crippen MR) is 54.1 cm³/mol. The van der Waals surface area contributed by atoms with Crippen molar-refractivity contribution in [2.24, 2.45) is 0 Å². The van der Waals surface area contributed by atoms with Crippen molar-refractivity contribution < 1.29 is 8.78 Å². The maximum atomic E-state index is 13.4. The van der Waals surface area contributed by atoms with Crippen LogP contribution < -0.4 is 5.19 Å². The van der Waals surface area contributed by atoms with E-state index in [0.29, 0.717) is 10.8 Å². The molecule has 0 amide bonds. The van der Waals surface area contributed by atoms with E-state index in [1.807, 2.05) is 19.6 Å². The Bertz CT molecular complexity index is 303. The number of halogens is 2. The van der Waals surface area contributed by atoms with Gasteiger partial charge < -0.3 is 0 Å². The van der Waals surface area contributed by atoms with Crippen LogP contribution in [0, 0.1) is 18.6 Å². The van der Waals surface area contributed by atoms with Crippen LogP contribution in [0.4, 0.5) is 8.78 Å². The minimum atomic E-state index is -1.90. The molecule has 0 spiro atoms. The first kappa shape index (κ1) is 10.4. The Kier molecular flexibility index (Phi) is 2.57. The van der Waals surface area contributed by atoms with Gasteiger partial charge in [-0.2, -0.15) is 0 Å². The number of rotatable bonds is 1. The van der Waals surface area contributed by atoms with Crippen molar-refractivity contribution in [1.82, 2.24) is 0 Å². The second-order valence-electron chi connectivity index (χ2n) is 4.35. The average Bonchev–Trinajstić information content (AvgIpc) is 1.78. The Morgan fingerprint density at radius 2 is 1.38 bits per heavy atom. The highest BCUT2D eigenvalue weighted by Gasteiger charge is 2.24. The third-order valence-corrected chi connectivity index (χ3v) is 3.91. The Morgan fingerprint density at radius 3 is 1.69 bits per heavy atom. The molecule has 13 heavy (non-hydrogen) atoms. The lowest BCUT2D eigenvalue weighted by atomic mass is 10.2. The molecule has 0 radical (unpaired) electrons. The molecule has 0 atom stereocenters. The summed E-state index contributed by atoms with van der Waals surface area (Å²) in [7, 11) is -1.90. The topological polar surface area (TPSA) is 0 Å². The fourth-order valence-corrected chi connectivity index (χ4v) is 2.99. The van der Waals surface area contributed by atoms with Crippen molar-refractivity contribution in [2.75, 3.05) is 0 Å². The molecular weight excluding hydrogens is 186 g/mol. The van der Waals surface area contributed by atoms with Gasteiger partial charge in [0.1, 0.15) is 11.6 Å². The zero-order valence-corrected chi connectivity index (χ0v) is 9.41. The quantitative estimate of drug-likeness (QED) is 0.611. The molecule has 1 aromatic carbocycles. The van der Waals surface area contributed by atoms with E-state index in [4.69, 9.17) is 0 Å². The van der Waals surface area contributed by atoms with E-state index in [-0.39, 0.29) is 0 Å². The SMILES string of the molecule is Cc1cc(F)c([Si](C)(C)C)c(F)c1. The van der Waals surface area contributed by atoms with Gasteiger partial charge in [-0.25, -0.2) is 8.78 Å². The predicted octanol–water partition coefficient (Wildman–Crippen LogP) is 2.82. The molecule has 0 aromatic heterocycles. The standard InChI is InChI=1S/C10H14F2Si/c1-7-5-8(11)10(9(12)6-7)13(2,3)4/h5-6H,1-4H3. The van der Waals surface area contributed by atoms with Crippen molar-refractivity contribution in [2.45, 2.75) is 26.6 Å². The second-order valence-corrected chi connectivity index (χ2v) is 9.35. The molecule has 0 nitrogen and oxygen atoms in total. The number of hydrogen-bond acceptors (Lipinski definition) is 0. The zero-order chi connectivity index (χ0) is 10.2. The van der Waals surface area contributed by atoms with Crippen molar-refractivity contribution >= 4 is 13.3 Å². The molecule has 0 saturated carbocycles. The largest absolute Gasteiger partial charge is 0.207 e. The highest BCUT2D eigenvalue weighted by Crippen LogP contribution is 2.11. The van der Waals surface area contributed by atoms with E-state index < -0.39 is 19.7 Å². The Morgan fingerprint density at radius 1 is 1.00 bits per heavy atom. The molecule has 0 fully saturated rings. The Balaban J connectivity index is 3.38. The summed E-state index contributed by atoms with van der Waals surface area (Å²) in [4.78, 5) is 0. The summed E-state index contributed by atoms with van der Waals surface area (Å²) < 4.78 is 26.8. The lowest BCUT2D eigenvalue weighted by Crippen LogP contribution is -2.42. The molecule has 0 aliphatic carbocycles. The van der Waals surface area contributed by atoms with E-state index in [9.17, 15) is 8.78 Å². The molecule has 3 heteroatoms. The molecule has 0 aliphatic rings. The smallest absolute Gasteiger partial charge is 0.125 e. The van der Waals surface area contributed by atoms with Crippen LogP contribution in [0.1, 0.15) is 5.56 Å². The Labute approximate surface area is 78.6 Å². The number of hydrogen-bond donors (Lipinski definition) is 0. The minimum absolute atomic E-state index is 0.304. The van der Waals surface area contributed by atoms with Crippen LogP contribution in [0.5, 0.6) is 0 Å². The van der Waals surface area contributed by atoms with Crippen molar-refractivity contribution in [3.63, 3.8) is 0 Å². The fourth-order valence-electron chi connectivity index (χ4n) is 1.42. The van der Waals surface area contributed by atoms with Crippen LogP contribution in [0.25, 0.3) is 0 Å². The van der Waals surface area contributed by atoms with Crippen LogP contribution >= 0.6 is 0 Å². The highest BCUT2D eigenvalue weighted by molar-refractivity contribution is 6.88. The molecule has 0 saturated heterocycles. The van der Waals surface area contributed by atoms with E-state index in [1.165, 1.54) is 12.1 Å². The lowest BCUT2D eigenvalue weighted by molar-refractivity contribution is 0.594. The van der Waals surface area contributed by atoms with Gasteiger partial charge in [0.15, 0.2) is 0 Å². The normalized spacial score (nSPS) is 11.8. The minimum Gasteiger partial charge on any atom is -0.207 e. The maximum absolute atomic E-state index is 13.4. The van der Waals surface area contributed by atoms with Gasteiger partial charge in [-0.05, 0) is 24.6 Å². The first-order chi connectivity index (χ1) is 5.82. The molecule has 72 valence electrons. The van der Waals surface area contributed by atoms with Crippen LogP contribution in [-0.4, -0.2) is 8.07 Å². The Hall–Kier alpha value is -0.703. The van der Waals surface area contributed by atoms with Crippen LogP contribution in [-0.2, 0) is 0 Å². The van der Waals surface area contributed by atoms with Crippen molar-refractivity contribution in [1.29, 1.82) is 0 Å². The maximum Gasteiger partial charge on any atom is 0.125 e. The summed E-state index contributed by atoms with van der Waals surface area (Å²) >= 11 is 0. The van der Waals surface area contributed by atoms with Gasteiger partial charge in [-0.15, -0.1) is 0 Å². The zero-order valence-electron chi connectivity index (χ0n) is 8.41. The molecule has 0 unspecified atom stereocenters. The first-order valence-corrected chi connectivity index (χ1v) is 7.78. The van der Waals surface area contributed by atoms with Crippen LogP contribution in [0.15, 0.2) is 12.1 Å². The van der Waals surface area contributed by atoms with E-state index in [0.717, 1.165) is 0 Å². The molecule has 0 aliphatic heterocycles. The fraction of sp³-hybridized carbons (Fsp3) is 0.400. The summed E-state index contributed by atoms with van der Waals surface area (Å²) in [5.74, 6) is -0.784. The van der Waals surface area contributed by atoms with Gasteiger partial charge in [0, 0.05) is 5.19 Å². The van der Waals surface area contributed by atoms with Gasteiger partial charge in [-0.1, -0.05) is 19.6 Å². The first-order valence-electron chi connectivity index (χ1n) is 4.28. The lowest BCUT2D eigenvalue weighted by Gasteiger charge is -2.18. The average molecular weight is 200 g/mol. The van der Waals surface area contributed by atoms with Crippen molar-refractivity contribution in [3.8, 4) is 0 Å². The molecule has 1 aromatic rings. The van der Waals surface area contributed by atoms with E-state index >= 15 is 0 Å². The van der Waals surface area contributed by atoms with Gasteiger partial charge in [-0.3, -0.25) is 0 Å². The molecular formula is C10H14F2Si. The summed E-state index contributed by atoms with van der Waals surface area (Å²) in [6, 6.07) is 2.80. The monoisotopic (exact) mass is 200 g/mol. The number of aryl methyl sites for hydroxylation is 1. The number of benzene rings is 1. The van der Waals surface area contributed by atoms with Crippen molar-refractivity contribution in [3.05, 3.63) is 29.3 Å². The van der Waals surface area contributed by atoms with Gasteiger partial charge in [0.25, 0.3) is 0 Å². The highest BCUT2D eigenvalue weighted by atomic mass is 28.3. The van der Waals surface area contributed by atoms with E-state index in [1.54, 1.807) is 6.92 Å².